The van der Waals surface area contributed by atoms with Gasteiger partial charge in [-0.3, -0.25) is 0 Å². The molecule has 8 heterocycles. The topological polar surface area (TPSA) is 118 Å². The summed E-state index contributed by atoms with van der Waals surface area (Å²) in [7, 11) is 0. The summed E-state index contributed by atoms with van der Waals surface area (Å²) in [6.07, 6.45) is 9.11. The highest BCUT2D eigenvalue weighted by Crippen LogP contribution is 2.33. The van der Waals surface area contributed by atoms with E-state index in [0.717, 1.165) is 110 Å². The minimum absolute atomic E-state index is 0.284. The number of rotatable bonds is 7. The molecule has 61 heavy (non-hydrogen) atoms. The number of halogens is 2. The molecule has 2 aliphatic heterocycles. The highest BCUT2D eigenvalue weighted by atomic mass is 19.1. The van der Waals surface area contributed by atoms with Gasteiger partial charge in [0.05, 0.1) is 57.6 Å². The Morgan fingerprint density at radius 1 is 0.557 bits per heavy atom. The molecule has 2 aromatic carbocycles. The minimum atomic E-state index is -0.286. The first-order chi connectivity index (χ1) is 29.5. The van der Waals surface area contributed by atoms with E-state index in [4.69, 9.17) is 0 Å². The van der Waals surface area contributed by atoms with Crippen molar-refractivity contribution in [1.29, 1.82) is 0 Å². The van der Waals surface area contributed by atoms with Crippen molar-refractivity contribution in [3.8, 4) is 22.5 Å². The Morgan fingerprint density at radius 3 is 1.43 bits per heavy atom. The number of imidazole rings is 2. The molecule has 0 amide bonds. The highest BCUT2D eigenvalue weighted by Gasteiger charge is 2.24. The second-order valence-corrected chi connectivity index (χ2v) is 16.9. The third-order valence-corrected chi connectivity index (χ3v) is 12.4. The fraction of sp³-hybridized carbons (Fsp3) is 0.404. The summed E-state index contributed by atoms with van der Waals surface area (Å²) < 4.78 is 33.7. The summed E-state index contributed by atoms with van der Waals surface area (Å²) in [5, 5.41) is 28.0. The third-order valence-electron chi connectivity index (χ3n) is 12.4. The Morgan fingerprint density at radius 2 is 1.00 bits per heavy atom. The molecule has 0 bridgehead atoms. The van der Waals surface area contributed by atoms with E-state index in [1.54, 1.807) is 21.2 Å². The summed E-state index contributed by atoms with van der Waals surface area (Å²) in [6.45, 7) is 18.7. The SMILES string of the molecule is CCCN1CCC(c2cc3c(F)cc(-c4cc(C)c5nc(C)cn5n4)cc3nn2)CC1.CCN1CCC(c2cc3c(F)cc(-c4cc(C)c5nc(C)cn5n4)cc3nn2)CC1. The molecule has 6 aromatic heterocycles. The maximum atomic E-state index is 15.1. The van der Waals surface area contributed by atoms with Crippen molar-refractivity contribution in [3.05, 3.63) is 106 Å². The van der Waals surface area contributed by atoms with Crippen LogP contribution in [0.15, 0.2) is 60.9 Å². The van der Waals surface area contributed by atoms with Gasteiger partial charge < -0.3 is 9.80 Å². The van der Waals surface area contributed by atoms with E-state index in [1.165, 1.54) is 6.42 Å². The second-order valence-electron chi connectivity index (χ2n) is 16.9. The Balaban J connectivity index is 0.000000156. The predicted octanol–water partition coefficient (Wildman–Crippen LogP) is 8.98. The van der Waals surface area contributed by atoms with E-state index >= 15 is 8.78 Å². The first kappa shape index (κ1) is 40.5. The van der Waals surface area contributed by atoms with Gasteiger partial charge in [0.1, 0.15) is 11.6 Å². The van der Waals surface area contributed by atoms with Gasteiger partial charge in [-0.2, -0.15) is 30.6 Å². The van der Waals surface area contributed by atoms with Crippen LogP contribution in [0.5, 0.6) is 0 Å². The largest absolute Gasteiger partial charge is 0.304 e. The van der Waals surface area contributed by atoms with Crippen LogP contribution in [-0.2, 0) is 0 Å². The molecule has 0 radical (unpaired) electrons. The lowest BCUT2D eigenvalue weighted by atomic mass is 9.92. The number of aryl methyl sites for hydroxylation is 4. The molecule has 0 aliphatic carbocycles. The standard InChI is InChI=1S/C24H27FN6.C23H25FN6/c1-4-7-30-8-5-17(6-9-30)21-13-19-20(25)11-18(12-23(19)28-27-21)22-10-15(2)24-26-16(3)14-31(24)29-22;1-4-29-7-5-16(6-8-29)20-12-18-19(24)10-17(11-22(18)27-26-20)21-9-14(2)23-25-15(3)13-30(23)28-21/h10-14,17H,4-9H2,1-3H3;9-13,16H,4-8H2,1-3H3. The zero-order valence-corrected chi connectivity index (χ0v) is 35.8. The van der Waals surface area contributed by atoms with Crippen LogP contribution in [0.3, 0.4) is 0 Å². The summed E-state index contributed by atoms with van der Waals surface area (Å²) in [5.74, 6) is 0.125. The minimum Gasteiger partial charge on any atom is -0.304 e. The van der Waals surface area contributed by atoms with Crippen LogP contribution in [0, 0.1) is 39.3 Å². The van der Waals surface area contributed by atoms with Crippen molar-refractivity contribution in [2.24, 2.45) is 0 Å². The van der Waals surface area contributed by atoms with Gasteiger partial charge in [0.25, 0.3) is 0 Å². The van der Waals surface area contributed by atoms with Crippen LogP contribution in [0.25, 0.3) is 55.6 Å². The number of piperidine rings is 2. The maximum absolute atomic E-state index is 15.1. The Bertz CT molecular complexity index is 2890. The van der Waals surface area contributed by atoms with Gasteiger partial charge >= 0.3 is 0 Å². The average Bonchev–Trinajstić information content (AvgIpc) is 3.85. The van der Waals surface area contributed by atoms with Gasteiger partial charge in [-0.25, -0.2) is 27.8 Å². The number of fused-ring (bicyclic) bond motifs is 4. The fourth-order valence-corrected chi connectivity index (χ4v) is 9.01. The molecule has 0 N–H and O–H groups in total. The molecule has 14 heteroatoms. The van der Waals surface area contributed by atoms with Gasteiger partial charge in [-0.1, -0.05) is 13.8 Å². The molecule has 0 saturated carbocycles. The van der Waals surface area contributed by atoms with E-state index in [2.05, 4.69) is 64.2 Å². The maximum Gasteiger partial charge on any atom is 0.156 e. The third kappa shape index (κ3) is 8.30. The average molecular weight is 823 g/mol. The van der Waals surface area contributed by atoms with Crippen molar-refractivity contribution < 1.29 is 8.78 Å². The molecular formula is C47H52F2N12. The number of likely N-dealkylation sites (tertiary alicyclic amines) is 2. The van der Waals surface area contributed by atoms with Crippen LogP contribution in [0.4, 0.5) is 8.78 Å². The van der Waals surface area contributed by atoms with Crippen molar-refractivity contribution in [2.45, 2.75) is 85.5 Å². The molecular weight excluding hydrogens is 771 g/mol. The van der Waals surface area contributed by atoms with E-state index in [-0.39, 0.29) is 11.6 Å². The Kier molecular flexibility index (Phi) is 11.2. The number of hydrogen-bond acceptors (Lipinski definition) is 10. The van der Waals surface area contributed by atoms with Gasteiger partial charge in [-0.15, -0.1) is 0 Å². The lowest BCUT2D eigenvalue weighted by Crippen LogP contribution is -2.33. The Hall–Kier alpha value is -5.86. The zero-order valence-electron chi connectivity index (χ0n) is 35.8. The molecule has 10 rings (SSSR count). The smallest absolute Gasteiger partial charge is 0.156 e. The molecule has 12 nitrogen and oxygen atoms in total. The van der Waals surface area contributed by atoms with Crippen LogP contribution in [0.2, 0.25) is 0 Å². The quantitative estimate of drug-likeness (QED) is 0.154. The van der Waals surface area contributed by atoms with Crippen LogP contribution >= 0.6 is 0 Å². The van der Waals surface area contributed by atoms with Crippen LogP contribution in [-0.4, -0.2) is 98.7 Å². The van der Waals surface area contributed by atoms with Crippen molar-refractivity contribution in [2.75, 3.05) is 39.3 Å². The molecule has 314 valence electrons. The first-order valence-electron chi connectivity index (χ1n) is 21.6. The molecule has 0 unspecified atom stereocenters. The summed E-state index contributed by atoms with van der Waals surface area (Å²) in [4.78, 5) is 13.9. The monoisotopic (exact) mass is 822 g/mol. The molecule has 0 spiro atoms. The summed E-state index contributed by atoms with van der Waals surface area (Å²) in [6, 6.07) is 14.5. The number of hydrogen-bond donors (Lipinski definition) is 0. The van der Waals surface area contributed by atoms with Gasteiger partial charge in [0, 0.05) is 33.7 Å². The lowest BCUT2D eigenvalue weighted by molar-refractivity contribution is 0.211. The number of aromatic nitrogens is 10. The first-order valence-corrected chi connectivity index (χ1v) is 21.6. The Labute approximate surface area is 354 Å². The highest BCUT2D eigenvalue weighted by molar-refractivity contribution is 5.85. The molecule has 2 saturated heterocycles. The molecule has 2 fully saturated rings. The molecule has 0 atom stereocenters. The van der Waals surface area contributed by atoms with Crippen molar-refractivity contribution >= 4 is 33.1 Å². The van der Waals surface area contributed by atoms with E-state index < -0.39 is 0 Å². The number of nitrogens with zero attached hydrogens (tertiary/aromatic N) is 12. The lowest BCUT2D eigenvalue weighted by Gasteiger charge is -2.31. The predicted molar refractivity (Wildman–Crippen MR) is 235 cm³/mol. The second kappa shape index (κ2) is 16.9. The fourth-order valence-electron chi connectivity index (χ4n) is 9.01. The van der Waals surface area contributed by atoms with Crippen molar-refractivity contribution in [1.82, 2.24) is 59.4 Å². The van der Waals surface area contributed by atoms with E-state index in [9.17, 15) is 0 Å². The van der Waals surface area contributed by atoms with E-state index in [0.29, 0.717) is 56.2 Å². The summed E-state index contributed by atoms with van der Waals surface area (Å²) in [5.41, 5.74) is 11.1. The van der Waals surface area contributed by atoms with Crippen molar-refractivity contribution in [3.63, 3.8) is 0 Å². The van der Waals surface area contributed by atoms with Crippen LogP contribution < -0.4 is 0 Å². The number of benzene rings is 2. The molecule has 2 aliphatic rings. The van der Waals surface area contributed by atoms with Crippen LogP contribution in [0.1, 0.15) is 91.7 Å². The van der Waals surface area contributed by atoms with Gasteiger partial charge in [0.15, 0.2) is 11.3 Å². The van der Waals surface area contributed by atoms with Gasteiger partial charge in [-0.05, 0) is 159 Å². The van der Waals surface area contributed by atoms with E-state index in [1.807, 2.05) is 76.5 Å². The zero-order chi connectivity index (χ0) is 42.4. The summed E-state index contributed by atoms with van der Waals surface area (Å²) >= 11 is 0. The normalized spacial score (nSPS) is 15.9. The molecule has 8 aromatic rings. The van der Waals surface area contributed by atoms with Gasteiger partial charge in [0.2, 0.25) is 0 Å².